The summed E-state index contributed by atoms with van der Waals surface area (Å²) in [5, 5.41) is 26.9. The highest BCUT2D eigenvalue weighted by Gasteiger charge is 2.76. The number of quaternary nitrogens is 1. The van der Waals surface area contributed by atoms with Gasteiger partial charge in [-0.05, 0) is 131 Å². The summed E-state index contributed by atoms with van der Waals surface area (Å²) >= 11 is 0. The molecule has 0 spiro atoms. The van der Waals surface area contributed by atoms with Crippen molar-refractivity contribution in [2.24, 2.45) is 34.5 Å². The first-order chi connectivity index (χ1) is 37.2. The zero-order chi connectivity index (χ0) is 55.7. The molecule has 2 unspecified atom stereocenters. The van der Waals surface area contributed by atoms with Crippen LogP contribution in [0.5, 0.6) is 5.75 Å². The number of likely N-dealkylation sites (N-methyl/N-ethyl adjacent to an activating group) is 1. The monoisotopic (exact) mass is 1110 g/mol. The minimum atomic E-state index is -4.82. The molecular weight excluding hydrogens is 1020 g/mol. The van der Waals surface area contributed by atoms with Crippen molar-refractivity contribution in [1.29, 1.82) is 0 Å². The predicted molar refractivity (Wildman–Crippen MR) is 292 cm³/mol. The average Bonchev–Trinajstić information content (AvgIpc) is 3.46. The van der Waals surface area contributed by atoms with Crippen molar-refractivity contribution in [2.75, 3.05) is 60.3 Å². The first-order valence-corrected chi connectivity index (χ1v) is 30.3. The molecule has 17 nitrogen and oxygen atoms in total. The van der Waals surface area contributed by atoms with Gasteiger partial charge in [0.05, 0.1) is 32.4 Å². The van der Waals surface area contributed by atoms with Gasteiger partial charge in [-0.15, -0.1) is 0 Å². The summed E-state index contributed by atoms with van der Waals surface area (Å²) in [5.41, 5.74) is 0.865. The molecule has 5 N–H and O–H groups in total. The van der Waals surface area contributed by atoms with Crippen molar-refractivity contribution >= 4 is 25.5 Å². The van der Waals surface area contributed by atoms with E-state index < -0.39 is 80.3 Å². The summed E-state index contributed by atoms with van der Waals surface area (Å²) in [4.78, 5) is 59.7. The van der Waals surface area contributed by atoms with Crippen molar-refractivity contribution in [3.63, 3.8) is 0 Å². The average molecular weight is 1110 g/mol. The van der Waals surface area contributed by atoms with Crippen LogP contribution in [0.15, 0.2) is 72.3 Å². The number of carbonyl (C=O) groups is 3. The molecule has 78 heavy (non-hydrogen) atoms. The molecule has 0 radical (unpaired) electrons. The number of hydrogen-bond donors (Lipinski definition) is 5. The van der Waals surface area contributed by atoms with Gasteiger partial charge in [0, 0.05) is 48.0 Å². The number of rotatable bonds is 28. The highest BCUT2D eigenvalue weighted by atomic mass is 31.2. The fraction of sp³-hybridized carbons (Fsp3) is 0.683. The number of allylic oxidation sites excluding steroid dienone is 4. The van der Waals surface area contributed by atoms with Gasteiger partial charge >= 0.3 is 14.0 Å². The van der Waals surface area contributed by atoms with Gasteiger partial charge in [0.1, 0.15) is 18.8 Å². The zero-order valence-electron chi connectivity index (χ0n) is 46.7. The van der Waals surface area contributed by atoms with Crippen molar-refractivity contribution in [2.45, 2.75) is 166 Å². The molecule has 0 bridgehead atoms. The van der Waals surface area contributed by atoms with Crippen LogP contribution >= 0.6 is 7.82 Å². The first kappa shape index (κ1) is 60.3. The molecule has 2 aromatic carbocycles. The second kappa shape index (κ2) is 26.4. The van der Waals surface area contributed by atoms with Gasteiger partial charge in [-0.25, -0.2) is 13.9 Å². The van der Waals surface area contributed by atoms with E-state index in [2.05, 4.69) is 48.0 Å². The van der Waals surface area contributed by atoms with Crippen LogP contribution < -0.4 is 10.1 Å². The Morgan fingerprint density at radius 1 is 0.962 bits per heavy atom. The smallest absolute Gasteiger partial charge is 0.466 e. The van der Waals surface area contributed by atoms with E-state index in [1.54, 1.807) is 37.3 Å². The fourth-order valence-corrected chi connectivity index (χ4v) is 14.8. The largest absolute Gasteiger partial charge is 0.509 e. The molecule has 5 aliphatic carbocycles. The summed E-state index contributed by atoms with van der Waals surface area (Å²) in [6, 6.07) is 15.6. The van der Waals surface area contributed by atoms with Gasteiger partial charge in [-0.3, -0.25) is 9.59 Å². The number of ketones is 2. The minimum absolute atomic E-state index is 0.0312. The van der Waals surface area contributed by atoms with E-state index in [1.165, 1.54) is 5.56 Å². The predicted octanol–water partition coefficient (Wildman–Crippen LogP) is 8.99. The summed E-state index contributed by atoms with van der Waals surface area (Å²) in [6.45, 7) is 7.75. The summed E-state index contributed by atoms with van der Waals surface area (Å²) in [6.07, 6.45) is 15.6. The molecule has 18 heteroatoms. The van der Waals surface area contributed by atoms with Crippen molar-refractivity contribution in [3.8, 4) is 5.75 Å². The molecule has 1 heterocycles. The van der Waals surface area contributed by atoms with Crippen LogP contribution in [0, 0.1) is 34.5 Å². The van der Waals surface area contributed by atoms with E-state index in [-0.39, 0.29) is 46.9 Å². The molecule has 11 atom stereocenters. The number of phosphoric acid groups is 1. The Labute approximate surface area is 461 Å². The number of benzene rings is 2. The van der Waals surface area contributed by atoms with E-state index in [4.69, 9.17) is 28.4 Å². The number of aliphatic hydroxyl groups is 2. The van der Waals surface area contributed by atoms with Crippen molar-refractivity contribution in [1.82, 2.24) is 5.32 Å². The molecule has 6 aliphatic rings. The summed E-state index contributed by atoms with van der Waals surface area (Å²) < 4.78 is 53.2. The number of carbonyl (C=O) groups excluding carboxylic acids is 3. The van der Waals surface area contributed by atoms with E-state index in [9.17, 15) is 34.2 Å². The number of aliphatic hydroxyl groups excluding tert-OH is 2. The lowest BCUT2D eigenvalue weighted by Crippen LogP contribution is -2.63. The molecule has 2 aromatic rings. The Morgan fingerprint density at radius 3 is 2.46 bits per heavy atom. The number of hydrogen-bond acceptors (Lipinski definition) is 14. The number of Topliss-reactive ketones (excluding diaryl/α,β-unsaturated/α-hetero) is 1. The van der Waals surface area contributed by atoms with E-state index in [1.807, 2.05) is 26.2 Å². The minimum Gasteiger partial charge on any atom is -0.466 e. The Kier molecular flexibility index (Phi) is 20.4. The fourth-order valence-electron chi connectivity index (χ4n) is 14.6. The Hall–Kier alpha value is -3.84. The Morgan fingerprint density at radius 2 is 1.71 bits per heavy atom. The molecular formula is C60H88N2O15P+. The maximum absolute atomic E-state index is 15.0. The molecule has 1 aliphatic heterocycles. The van der Waals surface area contributed by atoms with Gasteiger partial charge < -0.3 is 58.2 Å². The number of fused-ring (bicyclic) bond motifs is 7. The maximum Gasteiger partial charge on any atom is 0.509 e. The van der Waals surface area contributed by atoms with Crippen LogP contribution in [0.1, 0.15) is 140 Å². The molecule has 0 amide bonds. The summed E-state index contributed by atoms with van der Waals surface area (Å²) in [5.74, 6) is -0.152. The van der Waals surface area contributed by atoms with Crippen molar-refractivity contribution < 1.29 is 76.4 Å². The molecule has 1 saturated heterocycles. The van der Waals surface area contributed by atoms with Crippen LogP contribution in [-0.4, -0.2) is 133 Å². The quantitative estimate of drug-likeness (QED) is 0.0176. The highest BCUT2D eigenvalue weighted by Crippen LogP contribution is 2.70. The SMILES string of the molecule is CC(C[N+](C)(C)Cc1cc(C(O)CNCCCCCCOCCCCc2ccccc2)ccc1OCOP(=O)(O)O)OC(=O)OCC(=O)[C@@]12O[C@H](C3CCCCC3)O[C@@H]1C[C@H]1[C@@H]3CCC4=CC(=O)C=C[C@]4(C)[C@H]3[C@@H](O)C[C@@]12C. The normalized spacial score (nSPS) is 29.7. The number of ether oxygens (including phenoxy) is 6. The lowest BCUT2D eigenvalue weighted by atomic mass is 9.46. The van der Waals surface area contributed by atoms with Crippen LogP contribution in [0.25, 0.3) is 0 Å². The number of nitrogens with zero attached hydrogens (tertiary/aromatic N) is 1. The second-order valence-corrected chi connectivity index (χ2v) is 25.5. The number of phosphoric ester groups is 1. The standard InChI is InChI=1S/C60H87N2O15P/c1-41(37-62(4,5)38-45-32-44(23-26-52(45)73-40-74-78(68,69)70)51(65)36-61-29-15-6-7-16-30-71-31-17-14-20-42-18-10-8-11-19-42)75-57(67)72-39-53(66)60-54(76-56(77-60)43-21-12-9-13-22-43)34-49-48-25-24-46-33-47(63)27-28-58(46,2)55(48)50(64)35-59(49,60)3/h8,10-11,18-19,23,26-28,32-33,41,43,48-51,54-56,61,64-65H,6-7,9,12-17,20-22,24-25,29-31,34-40H2,1-5H3,(H-,68,69,70)/p+1/t41?,48-,49-,50-,51?,54+,55+,56+,58-,59-,60+/m0/s1. The number of unbranched alkanes of at least 4 members (excludes halogenated alkanes) is 4. The van der Waals surface area contributed by atoms with Crippen LogP contribution in [-0.2, 0) is 55.3 Å². The topological polar surface area (TPSA) is 226 Å². The first-order valence-electron chi connectivity index (χ1n) is 28.8. The van der Waals surface area contributed by atoms with Crippen LogP contribution in [0.3, 0.4) is 0 Å². The van der Waals surface area contributed by atoms with Crippen LogP contribution in [0.2, 0.25) is 0 Å². The second-order valence-electron chi connectivity index (χ2n) is 24.3. The van der Waals surface area contributed by atoms with Gasteiger partial charge in [-0.1, -0.05) is 94.0 Å². The molecule has 8 rings (SSSR count). The molecule has 0 aromatic heterocycles. The van der Waals surface area contributed by atoms with Crippen LogP contribution in [0.4, 0.5) is 4.79 Å². The lowest BCUT2D eigenvalue weighted by Gasteiger charge is -2.59. The third-order valence-corrected chi connectivity index (χ3v) is 18.6. The molecule has 4 saturated carbocycles. The number of aryl methyl sites for hydroxylation is 1. The number of nitrogens with one attached hydrogen (secondary N) is 1. The molecule has 432 valence electrons. The summed E-state index contributed by atoms with van der Waals surface area (Å²) in [7, 11) is -0.980. The third-order valence-electron chi connectivity index (χ3n) is 18.2. The van der Waals surface area contributed by atoms with Gasteiger partial charge in [-0.2, -0.15) is 0 Å². The third kappa shape index (κ3) is 14.4. The lowest BCUT2D eigenvalue weighted by molar-refractivity contribution is -0.906. The van der Waals surface area contributed by atoms with Gasteiger partial charge in [0.2, 0.25) is 5.78 Å². The Bertz CT molecular complexity index is 2460. The van der Waals surface area contributed by atoms with Gasteiger partial charge in [0.15, 0.2) is 37.2 Å². The molecule has 5 fully saturated rings. The van der Waals surface area contributed by atoms with E-state index >= 15 is 4.79 Å². The van der Waals surface area contributed by atoms with E-state index in [0.717, 1.165) is 115 Å². The van der Waals surface area contributed by atoms with Crippen molar-refractivity contribution in [3.05, 3.63) is 89.0 Å². The maximum atomic E-state index is 15.0. The van der Waals surface area contributed by atoms with Gasteiger partial charge in [0.25, 0.3) is 0 Å². The highest BCUT2D eigenvalue weighted by molar-refractivity contribution is 7.46. The zero-order valence-corrected chi connectivity index (χ0v) is 47.6. The van der Waals surface area contributed by atoms with E-state index in [0.29, 0.717) is 36.4 Å². The Balaban J connectivity index is 0.834.